The third-order valence-electron chi connectivity index (χ3n) is 3.34. The van der Waals surface area contributed by atoms with E-state index < -0.39 is 0 Å². The van der Waals surface area contributed by atoms with Gasteiger partial charge in [0.05, 0.1) is 5.69 Å². The fourth-order valence-electron chi connectivity index (χ4n) is 2.23. The van der Waals surface area contributed by atoms with Crippen LogP contribution in [0.2, 0.25) is 0 Å². The fraction of sp³-hybridized carbons (Fsp3) is 0.200. The Morgan fingerprint density at radius 3 is 2.53 bits per heavy atom. The number of aromatic nitrogens is 2. The van der Waals surface area contributed by atoms with Crippen LogP contribution in [0.25, 0.3) is 11.3 Å². The van der Waals surface area contributed by atoms with E-state index in [1.54, 1.807) is 6.20 Å². The van der Waals surface area contributed by atoms with Gasteiger partial charge in [-0.2, -0.15) is 5.10 Å². The van der Waals surface area contributed by atoms with Crippen LogP contribution in [0.4, 0.5) is 5.69 Å². The monoisotopic (exact) mass is 253 g/mol. The zero-order valence-electron chi connectivity index (χ0n) is 10.5. The van der Waals surface area contributed by atoms with E-state index in [1.165, 1.54) is 0 Å². The Morgan fingerprint density at radius 2 is 1.89 bits per heavy atom. The van der Waals surface area contributed by atoms with Crippen LogP contribution in [-0.2, 0) is 4.79 Å². The summed E-state index contributed by atoms with van der Waals surface area (Å²) in [4.78, 5) is 12.0. The molecule has 1 aliphatic rings. The molecule has 0 bridgehead atoms. The van der Waals surface area contributed by atoms with Crippen LogP contribution >= 0.6 is 0 Å². The number of carbonyl (C=O) groups excluding carboxylic acids is 1. The number of carbonyl (C=O) groups is 1. The molecule has 96 valence electrons. The molecule has 2 aromatic rings. The Balaban J connectivity index is 1.67. The van der Waals surface area contributed by atoms with Gasteiger partial charge in [-0.25, -0.2) is 0 Å². The van der Waals surface area contributed by atoms with Gasteiger partial charge in [0.15, 0.2) is 0 Å². The van der Waals surface area contributed by atoms with Crippen molar-refractivity contribution in [3.05, 3.63) is 48.7 Å². The average molecular weight is 253 g/mol. The normalized spacial score (nSPS) is 14.7. The lowest BCUT2D eigenvalue weighted by Gasteiger charge is -2.10. The third kappa shape index (κ3) is 2.57. The molecule has 0 spiro atoms. The van der Waals surface area contributed by atoms with E-state index in [2.05, 4.69) is 27.7 Å². The largest absolute Gasteiger partial charge is 0.326 e. The number of rotatable bonds is 3. The summed E-state index contributed by atoms with van der Waals surface area (Å²) in [6.07, 6.45) is 7.53. The molecule has 0 saturated heterocycles. The molecule has 3 rings (SSSR count). The quantitative estimate of drug-likeness (QED) is 0.826. The molecule has 0 aliphatic heterocycles. The van der Waals surface area contributed by atoms with Crippen LogP contribution in [0.5, 0.6) is 0 Å². The number of aromatic amines is 1. The first-order valence-electron chi connectivity index (χ1n) is 6.38. The minimum Gasteiger partial charge on any atom is -0.326 e. The van der Waals surface area contributed by atoms with Crippen molar-refractivity contribution in [2.75, 3.05) is 5.32 Å². The number of H-pyrrole nitrogens is 1. The van der Waals surface area contributed by atoms with Crippen molar-refractivity contribution in [2.24, 2.45) is 5.92 Å². The summed E-state index contributed by atoms with van der Waals surface area (Å²) in [5.41, 5.74) is 2.86. The minimum absolute atomic E-state index is 0.0901. The van der Waals surface area contributed by atoms with Crippen LogP contribution in [0.3, 0.4) is 0 Å². The lowest BCUT2D eigenvalue weighted by Crippen LogP contribution is -2.20. The molecule has 1 heterocycles. The van der Waals surface area contributed by atoms with Crippen LogP contribution in [0.15, 0.2) is 48.7 Å². The molecule has 0 saturated carbocycles. The van der Waals surface area contributed by atoms with Crippen molar-refractivity contribution < 1.29 is 4.79 Å². The molecular formula is C15H15N3O. The van der Waals surface area contributed by atoms with E-state index in [4.69, 9.17) is 0 Å². The summed E-state index contributed by atoms with van der Waals surface area (Å²) in [5.74, 6) is 0.187. The maximum atomic E-state index is 12.0. The summed E-state index contributed by atoms with van der Waals surface area (Å²) in [6, 6.07) is 9.68. The second-order valence-corrected chi connectivity index (χ2v) is 4.68. The van der Waals surface area contributed by atoms with E-state index >= 15 is 0 Å². The highest BCUT2D eigenvalue weighted by atomic mass is 16.1. The zero-order valence-corrected chi connectivity index (χ0v) is 10.5. The van der Waals surface area contributed by atoms with Gasteiger partial charge in [-0.05, 0) is 36.6 Å². The van der Waals surface area contributed by atoms with Crippen molar-refractivity contribution in [2.45, 2.75) is 12.8 Å². The number of anilines is 1. The predicted octanol–water partition coefficient (Wildman–Crippen LogP) is 2.98. The summed E-state index contributed by atoms with van der Waals surface area (Å²) < 4.78 is 0. The zero-order chi connectivity index (χ0) is 13.1. The summed E-state index contributed by atoms with van der Waals surface area (Å²) in [7, 11) is 0. The first-order valence-corrected chi connectivity index (χ1v) is 6.38. The number of nitrogens with zero attached hydrogens (tertiary/aromatic N) is 1. The molecule has 2 N–H and O–H groups in total. The van der Waals surface area contributed by atoms with Gasteiger partial charge in [0.25, 0.3) is 0 Å². The maximum absolute atomic E-state index is 12.0. The van der Waals surface area contributed by atoms with Crippen molar-refractivity contribution in [3.63, 3.8) is 0 Å². The Bertz CT molecular complexity index is 576. The van der Waals surface area contributed by atoms with E-state index in [-0.39, 0.29) is 11.8 Å². The van der Waals surface area contributed by atoms with E-state index in [9.17, 15) is 4.79 Å². The lowest BCUT2D eigenvalue weighted by atomic mass is 10.1. The van der Waals surface area contributed by atoms with Gasteiger partial charge in [-0.1, -0.05) is 24.3 Å². The Morgan fingerprint density at radius 1 is 1.16 bits per heavy atom. The standard InChI is InChI=1S/C15H15N3O/c19-15(12-3-1-2-4-12)17-13-7-5-11(6-8-13)14-9-10-16-18-14/h1-2,5-10,12H,3-4H2,(H,16,18)(H,17,19). The molecule has 4 nitrogen and oxygen atoms in total. The molecule has 1 amide bonds. The van der Waals surface area contributed by atoms with Crippen molar-refractivity contribution in [1.29, 1.82) is 0 Å². The van der Waals surface area contributed by atoms with Gasteiger partial charge < -0.3 is 5.32 Å². The Labute approximate surface area is 111 Å². The van der Waals surface area contributed by atoms with Crippen molar-refractivity contribution >= 4 is 11.6 Å². The highest BCUT2D eigenvalue weighted by Gasteiger charge is 2.18. The molecule has 0 fully saturated rings. The molecule has 4 heteroatoms. The van der Waals surface area contributed by atoms with Gasteiger partial charge in [0, 0.05) is 17.8 Å². The highest BCUT2D eigenvalue weighted by Crippen LogP contribution is 2.22. The van der Waals surface area contributed by atoms with Gasteiger partial charge >= 0.3 is 0 Å². The molecule has 1 aromatic carbocycles. The Kier molecular flexibility index (Phi) is 3.14. The highest BCUT2D eigenvalue weighted by molar-refractivity contribution is 5.93. The van der Waals surface area contributed by atoms with Crippen LogP contribution < -0.4 is 5.32 Å². The lowest BCUT2D eigenvalue weighted by molar-refractivity contribution is -0.119. The smallest absolute Gasteiger partial charge is 0.228 e. The number of hydrogen-bond donors (Lipinski definition) is 2. The molecule has 1 aliphatic carbocycles. The topological polar surface area (TPSA) is 57.8 Å². The number of benzene rings is 1. The number of allylic oxidation sites excluding steroid dienone is 2. The number of hydrogen-bond acceptors (Lipinski definition) is 2. The first kappa shape index (κ1) is 11.7. The number of amides is 1. The second kappa shape index (κ2) is 5.10. The first-order chi connectivity index (χ1) is 9.33. The average Bonchev–Trinajstić information content (AvgIpc) is 3.13. The van der Waals surface area contributed by atoms with Crippen LogP contribution in [0, 0.1) is 5.92 Å². The SMILES string of the molecule is O=C(Nc1ccc(-c2ccn[nH]2)cc1)C1CC=CC1. The summed E-state index contributed by atoms with van der Waals surface area (Å²) in [5, 5.41) is 9.78. The summed E-state index contributed by atoms with van der Waals surface area (Å²) >= 11 is 0. The second-order valence-electron chi connectivity index (χ2n) is 4.68. The molecule has 1 aromatic heterocycles. The van der Waals surface area contributed by atoms with E-state index in [0.29, 0.717) is 0 Å². The fourth-order valence-corrected chi connectivity index (χ4v) is 2.23. The van der Waals surface area contributed by atoms with Crippen molar-refractivity contribution in [1.82, 2.24) is 10.2 Å². The molecule has 0 unspecified atom stereocenters. The predicted molar refractivity (Wildman–Crippen MR) is 74.5 cm³/mol. The van der Waals surface area contributed by atoms with E-state index in [0.717, 1.165) is 29.8 Å². The van der Waals surface area contributed by atoms with Crippen LogP contribution in [0.1, 0.15) is 12.8 Å². The molecular weight excluding hydrogens is 238 g/mol. The molecule has 19 heavy (non-hydrogen) atoms. The van der Waals surface area contributed by atoms with E-state index in [1.807, 2.05) is 30.3 Å². The van der Waals surface area contributed by atoms with Gasteiger partial charge in [-0.3, -0.25) is 9.89 Å². The third-order valence-corrected chi connectivity index (χ3v) is 3.34. The number of nitrogens with one attached hydrogen (secondary N) is 2. The summed E-state index contributed by atoms with van der Waals surface area (Å²) in [6.45, 7) is 0. The van der Waals surface area contributed by atoms with Crippen LogP contribution in [-0.4, -0.2) is 16.1 Å². The van der Waals surface area contributed by atoms with Gasteiger partial charge in [0.1, 0.15) is 0 Å². The van der Waals surface area contributed by atoms with Gasteiger partial charge in [-0.15, -0.1) is 0 Å². The molecule has 0 radical (unpaired) electrons. The minimum atomic E-state index is 0.0901. The molecule has 0 atom stereocenters. The maximum Gasteiger partial charge on any atom is 0.228 e. The van der Waals surface area contributed by atoms with Crippen molar-refractivity contribution in [3.8, 4) is 11.3 Å². The van der Waals surface area contributed by atoms with Gasteiger partial charge in [0.2, 0.25) is 5.91 Å². The Hall–Kier alpha value is -2.36.